The summed E-state index contributed by atoms with van der Waals surface area (Å²) in [5.74, 6) is 0.469. The van der Waals surface area contributed by atoms with E-state index in [1.165, 1.54) is 12.1 Å². The Balaban J connectivity index is 2.07. The first-order valence-corrected chi connectivity index (χ1v) is 7.31. The minimum absolute atomic E-state index is 0.0306. The molecule has 0 saturated carbocycles. The van der Waals surface area contributed by atoms with Crippen LogP contribution < -0.4 is 10.5 Å². The SMILES string of the molecule is Nc1cc(Cl)c(Oc2ccc3ccccc3c2Cl)cc1[N+](=O)[O-]. The Kier molecular flexibility index (Phi) is 3.98. The van der Waals surface area contributed by atoms with Crippen LogP contribution in [0.3, 0.4) is 0 Å². The van der Waals surface area contributed by atoms with Crippen LogP contribution in [0.15, 0.2) is 48.5 Å². The van der Waals surface area contributed by atoms with Gasteiger partial charge in [0, 0.05) is 5.39 Å². The topological polar surface area (TPSA) is 78.4 Å². The van der Waals surface area contributed by atoms with Gasteiger partial charge in [-0.2, -0.15) is 0 Å². The molecular weight excluding hydrogens is 339 g/mol. The fourth-order valence-corrected chi connectivity index (χ4v) is 2.69. The summed E-state index contributed by atoms with van der Waals surface area (Å²) in [6.45, 7) is 0. The second kappa shape index (κ2) is 5.95. The molecule has 116 valence electrons. The van der Waals surface area contributed by atoms with Gasteiger partial charge >= 0.3 is 0 Å². The van der Waals surface area contributed by atoms with Crippen LogP contribution in [0, 0.1) is 10.1 Å². The summed E-state index contributed by atoms with van der Waals surface area (Å²) in [6.07, 6.45) is 0. The number of halogens is 2. The molecule has 0 bridgehead atoms. The van der Waals surface area contributed by atoms with Gasteiger partial charge in [-0.25, -0.2) is 0 Å². The molecule has 0 unspecified atom stereocenters. The fourth-order valence-electron chi connectivity index (χ4n) is 2.21. The average Bonchev–Trinajstić information content (AvgIpc) is 2.52. The van der Waals surface area contributed by atoms with Gasteiger partial charge in [0.1, 0.15) is 11.4 Å². The minimum Gasteiger partial charge on any atom is -0.454 e. The maximum Gasteiger partial charge on any atom is 0.295 e. The van der Waals surface area contributed by atoms with Gasteiger partial charge in [-0.05, 0) is 17.5 Å². The summed E-state index contributed by atoms with van der Waals surface area (Å²) < 4.78 is 5.67. The number of rotatable bonds is 3. The zero-order chi connectivity index (χ0) is 16.6. The summed E-state index contributed by atoms with van der Waals surface area (Å²) in [7, 11) is 0. The van der Waals surface area contributed by atoms with Crippen molar-refractivity contribution in [3.05, 3.63) is 68.7 Å². The van der Waals surface area contributed by atoms with Gasteiger partial charge in [-0.1, -0.05) is 53.5 Å². The number of nitro benzene ring substituents is 1. The van der Waals surface area contributed by atoms with Crippen molar-refractivity contribution in [1.82, 2.24) is 0 Å². The molecule has 7 heteroatoms. The highest BCUT2D eigenvalue weighted by Crippen LogP contribution is 2.40. The van der Waals surface area contributed by atoms with Gasteiger partial charge in [0.2, 0.25) is 0 Å². The van der Waals surface area contributed by atoms with Crippen LogP contribution in [0.25, 0.3) is 10.8 Å². The van der Waals surface area contributed by atoms with Crippen molar-refractivity contribution < 1.29 is 9.66 Å². The van der Waals surface area contributed by atoms with Crippen LogP contribution in [-0.4, -0.2) is 4.92 Å². The van der Waals surface area contributed by atoms with Gasteiger partial charge in [0.25, 0.3) is 5.69 Å². The van der Waals surface area contributed by atoms with E-state index in [2.05, 4.69) is 0 Å². The second-order valence-corrected chi connectivity index (χ2v) is 5.58. The van der Waals surface area contributed by atoms with Crippen molar-refractivity contribution in [2.45, 2.75) is 0 Å². The second-order valence-electron chi connectivity index (χ2n) is 4.80. The number of anilines is 1. The monoisotopic (exact) mass is 348 g/mol. The maximum atomic E-state index is 11.0. The van der Waals surface area contributed by atoms with E-state index in [1.54, 1.807) is 6.07 Å². The van der Waals surface area contributed by atoms with Crippen LogP contribution in [0.1, 0.15) is 0 Å². The smallest absolute Gasteiger partial charge is 0.295 e. The molecule has 0 aliphatic heterocycles. The van der Waals surface area contributed by atoms with Crippen molar-refractivity contribution in [3.63, 3.8) is 0 Å². The van der Waals surface area contributed by atoms with Crippen molar-refractivity contribution >= 4 is 45.3 Å². The molecule has 3 rings (SSSR count). The largest absolute Gasteiger partial charge is 0.454 e. The highest BCUT2D eigenvalue weighted by atomic mass is 35.5. The molecule has 2 N–H and O–H groups in total. The number of nitrogens with zero attached hydrogens (tertiary/aromatic N) is 1. The number of benzene rings is 3. The van der Waals surface area contributed by atoms with Crippen LogP contribution in [-0.2, 0) is 0 Å². The lowest BCUT2D eigenvalue weighted by Gasteiger charge is -2.11. The van der Waals surface area contributed by atoms with Crippen LogP contribution in [0.4, 0.5) is 11.4 Å². The third kappa shape index (κ3) is 2.88. The van der Waals surface area contributed by atoms with Gasteiger partial charge < -0.3 is 10.5 Å². The Hall–Kier alpha value is -2.50. The predicted octanol–water partition coefficient (Wildman–Crippen LogP) is 5.43. The molecule has 0 aromatic heterocycles. The van der Waals surface area contributed by atoms with E-state index in [4.69, 9.17) is 33.7 Å². The molecule has 0 radical (unpaired) electrons. The van der Waals surface area contributed by atoms with Crippen LogP contribution in [0.5, 0.6) is 11.5 Å². The summed E-state index contributed by atoms with van der Waals surface area (Å²) in [5.41, 5.74) is 5.27. The van der Waals surface area contributed by atoms with Gasteiger partial charge in [-0.3, -0.25) is 10.1 Å². The van der Waals surface area contributed by atoms with Crippen molar-refractivity contribution in [2.75, 3.05) is 5.73 Å². The van der Waals surface area contributed by atoms with Crippen molar-refractivity contribution in [3.8, 4) is 11.5 Å². The van der Waals surface area contributed by atoms with E-state index in [0.717, 1.165) is 10.8 Å². The normalized spacial score (nSPS) is 10.7. The van der Waals surface area contributed by atoms with E-state index in [1.807, 2.05) is 30.3 Å². The Morgan fingerprint density at radius 3 is 2.52 bits per heavy atom. The lowest BCUT2D eigenvalue weighted by Crippen LogP contribution is -1.97. The van der Waals surface area contributed by atoms with E-state index in [0.29, 0.717) is 10.8 Å². The molecular formula is C16H10Cl2N2O3. The van der Waals surface area contributed by atoms with E-state index >= 15 is 0 Å². The molecule has 0 spiro atoms. The average molecular weight is 349 g/mol. The number of hydrogen-bond donors (Lipinski definition) is 1. The predicted molar refractivity (Wildman–Crippen MR) is 91.6 cm³/mol. The molecule has 23 heavy (non-hydrogen) atoms. The van der Waals surface area contributed by atoms with Crippen LogP contribution >= 0.6 is 23.2 Å². The third-order valence-electron chi connectivity index (χ3n) is 3.33. The molecule has 0 aliphatic carbocycles. The van der Waals surface area contributed by atoms with Crippen molar-refractivity contribution in [1.29, 1.82) is 0 Å². The summed E-state index contributed by atoms with van der Waals surface area (Å²) in [4.78, 5) is 10.4. The molecule has 0 amide bonds. The Morgan fingerprint density at radius 2 is 1.78 bits per heavy atom. The molecule has 5 nitrogen and oxygen atoms in total. The Labute approximate surface area is 141 Å². The molecule has 0 heterocycles. The number of nitro groups is 1. The van der Waals surface area contributed by atoms with Gasteiger partial charge in [0.05, 0.1) is 21.0 Å². The van der Waals surface area contributed by atoms with E-state index in [-0.39, 0.29) is 22.1 Å². The summed E-state index contributed by atoms with van der Waals surface area (Å²) in [5, 5.41) is 13.3. The number of hydrogen-bond acceptors (Lipinski definition) is 4. The number of fused-ring (bicyclic) bond motifs is 1. The van der Waals surface area contributed by atoms with Gasteiger partial charge in [-0.15, -0.1) is 0 Å². The third-order valence-corrected chi connectivity index (χ3v) is 4.01. The molecule has 0 saturated heterocycles. The van der Waals surface area contributed by atoms with Gasteiger partial charge in [0.15, 0.2) is 5.75 Å². The quantitative estimate of drug-likeness (QED) is 0.388. The first kappa shape index (κ1) is 15.4. The molecule has 3 aromatic carbocycles. The van der Waals surface area contributed by atoms with E-state index < -0.39 is 4.92 Å². The molecule has 0 atom stereocenters. The summed E-state index contributed by atoms with van der Waals surface area (Å²) in [6, 6.07) is 13.5. The number of nitrogen functional groups attached to an aromatic ring is 1. The first-order valence-electron chi connectivity index (χ1n) is 6.56. The maximum absolute atomic E-state index is 11.0. The standard InChI is InChI=1S/C16H10Cl2N2O3/c17-11-7-12(19)13(20(21)22)8-15(11)23-14-6-5-9-3-1-2-4-10(9)16(14)18/h1-8H,19H2. The molecule has 0 aliphatic rings. The molecule has 0 fully saturated rings. The number of nitrogens with two attached hydrogens (primary N) is 1. The highest BCUT2D eigenvalue weighted by molar-refractivity contribution is 6.37. The fraction of sp³-hybridized carbons (Fsp3) is 0. The lowest BCUT2D eigenvalue weighted by atomic mass is 10.1. The highest BCUT2D eigenvalue weighted by Gasteiger charge is 2.18. The Morgan fingerprint density at radius 1 is 1.04 bits per heavy atom. The first-order chi connectivity index (χ1) is 11.0. The zero-order valence-corrected chi connectivity index (χ0v) is 13.1. The Bertz CT molecular complexity index is 929. The number of ether oxygens (including phenoxy) is 1. The summed E-state index contributed by atoms with van der Waals surface area (Å²) >= 11 is 12.4. The molecule has 3 aromatic rings. The van der Waals surface area contributed by atoms with E-state index in [9.17, 15) is 10.1 Å². The van der Waals surface area contributed by atoms with Crippen molar-refractivity contribution in [2.24, 2.45) is 0 Å². The lowest BCUT2D eigenvalue weighted by molar-refractivity contribution is -0.383. The minimum atomic E-state index is -0.597. The van der Waals surface area contributed by atoms with Crippen LogP contribution in [0.2, 0.25) is 10.0 Å². The zero-order valence-electron chi connectivity index (χ0n) is 11.6.